The van der Waals surface area contributed by atoms with Crippen LogP contribution in [0.25, 0.3) is 0 Å². The van der Waals surface area contributed by atoms with E-state index in [9.17, 15) is 4.79 Å². The van der Waals surface area contributed by atoms with E-state index in [0.29, 0.717) is 0 Å². The largest absolute Gasteiger partial charge is 0.497 e. The monoisotopic (exact) mass is 315 g/mol. The molecule has 0 bridgehead atoms. The Balaban J connectivity index is 1.71. The molecule has 116 valence electrons. The molecule has 1 aromatic heterocycles. The minimum absolute atomic E-state index is 0.0161. The molecule has 0 unspecified atom stereocenters. The normalized spacial score (nSPS) is 16.9. The van der Waals surface area contributed by atoms with Crippen molar-refractivity contribution in [3.63, 3.8) is 0 Å². The van der Waals surface area contributed by atoms with Crippen molar-refractivity contribution >= 4 is 22.9 Å². The summed E-state index contributed by atoms with van der Waals surface area (Å²) in [5.41, 5.74) is 2.17. The van der Waals surface area contributed by atoms with Crippen molar-refractivity contribution in [2.45, 2.75) is 32.6 Å². The number of carbonyl (C=O) groups excluding carboxylic acids is 1. The van der Waals surface area contributed by atoms with Gasteiger partial charge in [-0.05, 0) is 61.1 Å². The summed E-state index contributed by atoms with van der Waals surface area (Å²) in [6.07, 6.45) is 4.72. The van der Waals surface area contributed by atoms with E-state index in [1.165, 1.54) is 23.3 Å². The van der Waals surface area contributed by atoms with Crippen LogP contribution in [0.1, 0.15) is 39.9 Å². The smallest absolute Gasteiger partial charge is 0.265 e. The maximum atomic E-state index is 12.4. The van der Waals surface area contributed by atoms with Crippen LogP contribution in [0, 0.1) is 5.92 Å². The number of nitrogens with one attached hydrogen (secondary N) is 1. The fraction of sp³-hybridized carbons (Fsp3) is 0.389. The quantitative estimate of drug-likeness (QED) is 0.900. The van der Waals surface area contributed by atoms with Crippen LogP contribution < -0.4 is 10.1 Å². The molecule has 2 aromatic rings. The molecule has 4 heteroatoms. The van der Waals surface area contributed by atoms with Gasteiger partial charge in [0.05, 0.1) is 12.0 Å². The lowest BCUT2D eigenvalue weighted by molar-refractivity contribution is 0.103. The first-order chi connectivity index (χ1) is 10.7. The molecular formula is C18H21NO2S. The Morgan fingerprint density at radius 2 is 2.14 bits per heavy atom. The summed E-state index contributed by atoms with van der Waals surface area (Å²) in [5.74, 6) is 1.55. The molecule has 1 atom stereocenters. The number of fused-ring (bicyclic) bond motifs is 1. The van der Waals surface area contributed by atoms with E-state index in [4.69, 9.17) is 4.74 Å². The Hall–Kier alpha value is -1.81. The summed E-state index contributed by atoms with van der Waals surface area (Å²) in [7, 11) is 1.63. The maximum absolute atomic E-state index is 12.4. The molecule has 0 fully saturated rings. The first-order valence-electron chi connectivity index (χ1n) is 7.76. The summed E-state index contributed by atoms with van der Waals surface area (Å²) in [4.78, 5) is 14.6. The van der Waals surface area contributed by atoms with E-state index in [-0.39, 0.29) is 5.91 Å². The van der Waals surface area contributed by atoms with Gasteiger partial charge >= 0.3 is 0 Å². The van der Waals surface area contributed by atoms with Gasteiger partial charge in [-0.1, -0.05) is 13.3 Å². The number of methoxy groups -OCH3 is 1. The van der Waals surface area contributed by atoms with Gasteiger partial charge in [0, 0.05) is 10.6 Å². The Morgan fingerprint density at radius 3 is 2.82 bits per heavy atom. The first-order valence-corrected chi connectivity index (χ1v) is 8.58. The molecule has 1 aliphatic carbocycles. The van der Waals surface area contributed by atoms with E-state index in [2.05, 4.69) is 18.3 Å². The second kappa shape index (κ2) is 6.53. The van der Waals surface area contributed by atoms with Crippen molar-refractivity contribution < 1.29 is 9.53 Å². The van der Waals surface area contributed by atoms with Crippen molar-refractivity contribution in [3.05, 3.63) is 45.6 Å². The van der Waals surface area contributed by atoms with Crippen molar-refractivity contribution in [1.82, 2.24) is 0 Å². The number of thiophene rings is 1. The Labute approximate surface area is 135 Å². The lowest BCUT2D eigenvalue weighted by Crippen LogP contribution is -2.11. The van der Waals surface area contributed by atoms with Gasteiger partial charge in [0.1, 0.15) is 5.75 Å². The SMILES string of the molecule is CC[C@@H]1CCc2sc(C(=O)Nc3ccc(OC)cc3)cc2C1. The number of amides is 1. The highest BCUT2D eigenvalue weighted by molar-refractivity contribution is 7.14. The summed E-state index contributed by atoms with van der Waals surface area (Å²) >= 11 is 1.65. The van der Waals surface area contributed by atoms with E-state index in [1.54, 1.807) is 18.4 Å². The number of hydrogen-bond acceptors (Lipinski definition) is 3. The lowest BCUT2D eigenvalue weighted by atomic mass is 9.87. The fourth-order valence-electron chi connectivity index (χ4n) is 2.93. The topological polar surface area (TPSA) is 38.3 Å². The van der Waals surface area contributed by atoms with E-state index in [0.717, 1.165) is 35.1 Å². The molecule has 0 radical (unpaired) electrons. The Bertz CT molecular complexity index is 660. The van der Waals surface area contributed by atoms with Crippen LogP contribution in [-0.4, -0.2) is 13.0 Å². The molecule has 0 aliphatic heterocycles. The summed E-state index contributed by atoms with van der Waals surface area (Å²) in [6, 6.07) is 9.50. The summed E-state index contributed by atoms with van der Waals surface area (Å²) in [5, 5.41) is 2.96. The molecule has 3 nitrogen and oxygen atoms in total. The molecule has 1 N–H and O–H groups in total. The van der Waals surface area contributed by atoms with Gasteiger partial charge < -0.3 is 10.1 Å². The molecular weight excluding hydrogens is 294 g/mol. The average molecular weight is 315 g/mol. The molecule has 0 spiro atoms. The minimum atomic E-state index is -0.0161. The third kappa shape index (κ3) is 3.17. The van der Waals surface area contributed by atoms with Crippen molar-refractivity contribution in [3.8, 4) is 5.75 Å². The molecule has 1 amide bonds. The molecule has 22 heavy (non-hydrogen) atoms. The van der Waals surface area contributed by atoms with Gasteiger partial charge in [-0.25, -0.2) is 0 Å². The zero-order chi connectivity index (χ0) is 15.5. The number of anilines is 1. The molecule has 1 aliphatic rings. The molecule has 1 aromatic carbocycles. The Morgan fingerprint density at radius 1 is 1.36 bits per heavy atom. The molecule has 1 heterocycles. The van der Waals surface area contributed by atoms with Crippen LogP contribution in [0.5, 0.6) is 5.75 Å². The summed E-state index contributed by atoms with van der Waals surface area (Å²) < 4.78 is 5.12. The van der Waals surface area contributed by atoms with Crippen LogP contribution in [0.15, 0.2) is 30.3 Å². The van der Waals surface area contributed by atoms with Gasteiger partial charge in [0.25, 0.3) is 5.91 Å². The van der Waals surface area contributed by atoms with E-state index >= 15 is 0 Å². The highest BCUT2D eigenvalue weighted by Crippen LogP contribution is 2.33. The molecule has 0 saturated heterocycles. The Kier molecular flexibility index (Phi) is 4.48. The van der Waals surface area contributed by atoms with Gasteiger partial charge in [0.15, 0.2) is 0 Å². The number of aryl methyl sites for hydroxylation is 1. The van der Waals surface area contributed by atoms with Crippen LogP contribution in [0.3, 0.4) is 0 Å². The summed E-state index contributed by atoms with van der Waals surface area (Å²) in [6.45, 7) is 2.25. The maximum Gasteiger partial charge on any atom is 0.265 e. The third-order valence-electron chi connectivity index (χ3n) is 4.33. The molecule has 3 rings (SSSR count). The van der Waals surface area contributed by atoms with Crippen molar-refractivity contribution in [2.75, 3.05) is 12.4 Å². The predicted octanol–water partition coefficient (Wildman–Crippen LogP) is 4.52. The van der Waals surface area contributed by atoms with Crippen LogP contribution >= 0.6 is 11.3 Å². The zero-order valence-corrected chi connectivity index (χ0v) is 13.8. The standard InChI is InChI=1S/C18H21NO2S/c1-3-12-4-9-16-13(10-12)11-17(22-16)18(20)19-14-5-7-15(21-2)8-6-14/h5-8,11-12H,3-4,9-10H2,1-2H3,(H,19,20)/t12-/m1/s1. The van der Waals surface area contributed by atoms with Crippen molar-refractivity contribution in [2.24, 2.45) is 5.92 Å². The minimum Gasteiger partial charge on any atom is -0.497 e. The first kappa shape index (κ1) is 15.1. The lowest BCUT2D eigenvalue weighted by Gasteiger charge is -2.19. The van der Waals surface area contributed by atoms with Crippen LogP contribution in [0.2, 0.25) is 0 Å². The van der Waals surface area contributed by atoms with E-state index < -0.39 is 0 Å². The van der Waals surface area contributed by atoms with Gasteiger partial charge in [-0.15, -0.1) is 11.3 Å². The van der Waals surface area contributed by atoms with Crippen molar-refractivity contribution in [1.29, 1.82) is 0 Å². The fourth-order valence-corrected chi connectivity index (χ4v) is 4.03. The predicted molar refractivity (Wildman–Crippen MR) is 91.1 cm³/mol. The van der Waals surface area contributed by atoms with Gasteiger partial charge in [0.2, 0.25) is 0 Å². The van der Waals surface area contributed by atoms with Crippen LogP contribution in [-0.2, 0) is 12.8 Å². The molecule has 0 saturated carbocycles. The third-order valence-corrected chi connectivity index (χ3v) is 5.57. The second-order valence-electron chi connectivity index (χ2n) is 5.76. The number of carbonyl (C=O) groups is 1. The number of benzene rings is 1. The van der Waals surface area contributed by atoms with Crippen LogP contribution in [0.4, 0.5) is 5.69 Å². The number of ether oxygens (including phenoxy) is 1. The number of hydrogen-bond donors (Lipinski definition) is 1. The van der Waals surface area contributed by atoms with E-state index in [1.807, 2.05) is 24.3 Å². The second-order valence-corrected chi connectivity index (χ2v) is 6.90. The van der Waals surface area contributed by atoms with Gasteiger partial charge in [-0.2, -0.15) is 0 Å². The highest BCUT2D eigenvalue weighted by Gasteiger charge is 2.22. The average Bonchev–Trinajstić information content (AvgIpc) is 2.98. The number of rotatable bonds is 4. The zero-order valence-electron chi connectivity index (χ0n) is 13.0. The highest BCUT2D eigenvalue weighted by atomic mass is 32.1. The van der Waals surface area contributed by atoms with Gasteiger partial charge in [-0.3, -0.25) is 4.79 Å².